The molecule has 27 heavy (non-hydrogen) atoms. The minimum atomic E-state index is -4.38. The van der Waals surface area contributed by atoms with Crippen LogP contribution in [0.2, 0.25) is 0 Å². The summed E-state index contributed by atoms with van der Waals surface area (Å²) in [5.41, 5.74) is 1.47. The van der Waals surface area contributed by atoms with Crippen LogP contribution in [0.25, 0.3) is 0 Å². The minimum absolute atomic E-state index is 0.0538. The zero-order valence-electron chi connectivity index (χ0n) is 14.7. The molecular weight excluding hydrogens is 355 g/mol. The molecule has 142 valence electrons. The van der Waals surface area contributed by atoms with Crippen molar-refractivity contribution >= 4 is 17.4 Å². The first-order chi connectivity index (χ1) is 12.9. The molecule has 1 aromatic heterocycles. The second-order valence-electron chi connectivity index (χ2n) is 7.03. The highest BCUT2D eigenvalue weighted by Gasteiger charge is 2.33. The molecule has 1 amide bonds. The maximum absolute atomic E-state index is 12.9. The van der Waals surface area contributed by atoms with Crippen LogP contribution >= 0.6 is 0 Å². The lowest BCUT2D eigenvalue weighted by Gasteiger charge is -2.34. The van der Waals surface area contributed by atoms with E-state index in [1.54, 1.807) is 0 Å². The molecule has 0 N–H and O–H groups in total. The number of piperidine rings is 1. The number of alkyl halides is 3. The Bertz CT molecular complexity index is 827. The van der Waals surface area contributed by atoms with Gasteiger partial charge in [0.2, 0.25) is 5.91 Å². The van der Waals surface area contributed by atoms with Gasteiger partial charge in [0.15, 0.2) is 0 Å². The molecule has 1 aromatic carbocycles. The summed E-state index contributed by atoms with van der Waals surface area (Å²) >= 11 is 0. The molecule has 0 aliphatic carbocycles. The Hall–Kier alpha value is -2.57. The van der Waals surface area contributed by atoms with Crippen molar-refractivity contribution < 1.29 is 18.0 Å². The third-order valence-electron chi connectivity index (χ3n) is 5.40. The number of halogens is 3. The van der Waals surface area contributed by atoms with Crippen molar-refractivity contribution in [1.82, 2.24) is 4.98 Å². The fourth-order valence-electron chi connectivity index (χ4n) is 3.88. The zero-order chi connectivity index (χ0) is 19.0. The largest absolute Gasteiger partial charge is 0.417 e. The number of carbonyl (C=O) groups excluding carboxylic acids is 1. The van der Waals surface area contributed by atoms with E-state index in [1.165, 1.54) is 11.6 Å². The highest BCUT2D eigenvalue weighted by Crippen LogP contribution is 2.32. The van der Waals surface area contributed by atoms with Gasteiger partial charge in [-0.1, -0.05) is 18.2 Å². The van der Waals surface area contributed by atoms with Crippen LogP contribution in [0.3, 0.4) is 0 Å². The number of nitrogens with zero attached hydrogens (tertiary/aromatic N) is 3. The van der Waals surface area contributed by atoms with E-state index < -0.39 is 11.7 Å². The number of aromatic nitrogens is 1. The summed E-state index contributed by atoms with van der Waals surface area (Å²) in [4.78, 5) is 20.7. The lowest BCUT2D eigenvalue weighted by Crippen LogP contribution is -2.42. The summed E-state index contributed by atoms with van der Waals surface area (Å²) in [6.45, 7) is 1.95. The van der Waals surface area contributed by atoms with Gasteiger partial charge in [0.1, 0.15) is 5.82 Å². The number of pyridine rings is 1. The van der Waals surface area contributed by atoms with Crippen molar-refractivity contribution in [3.63, 3.8) is 0 Å². The van der Waals surface area contributed by atoms with E-state index in [-0.39, 0.29) is 11.8 Å². The van der Waals surface area contributed by atoms with E-state index >= 15 is 0 Å². The summed E-state index contributed by atoms with van der Waals surface area (Å²) < 4.78 is 38.0. The number of amides is 1. The summed E-state index contributed by atoms with van der Waals surface area (Å²) in [5, 5.41) is 0. The molecule has 3 heterocycles. The Kier molecular flexibility index (Phi) is 4.53. The molecule has 2 aliphatic heterocycles. The molecule has 0 unspecified atom stereocenters. The Morgan fingerprint density at radius 3 is 2.44 bits per heavy atom. The third-order valence-corrected chi connectivity index (χ3v) is 5.40. The van der Waals surface area contributed by atoms with Crippen LogP contribution in [0, 0.1) is 5.92 Å². The summed E-state index contributed by atoms with van der Waals surface area (Å²) in [7, 11) is 0. The maximum Gasteiger partial charge on any atom is 0.417 e. The van der Waals surface area contributed by atoms with Crippen molar-refractivity contribution in [2.75, 3.05) is 29.4 Å². The molecule has 1 fully saturated rings. The predicted molar refractivity (Wildman–Crippen MR) is 96.7 cm³/mol. The Balaban J connectivity index is 1.39. The number of fused-ring (bicyclic) bond motifs is 1. The number of anilines is 2. The molecule has 7 heteroatoms. The number of hydrogen-bond acceptors (Lipinski definition) is 3. The molecule has 2 aromatic rings. The normalized spacial score (nSPS) is 17.9. The first-order valence-corrected chi connectivity index (χ1v) is 9.11. The second kappa shape index (κ2) is 6.87. The summed E-state index contributed by atoms with van der Waals surface area (Å²) in [6.07, 6.45) is -1.26. The van der Waals surface area contributed by atoms with Gasteiger partial charge in [-0.25, -0.2) is 4.98 Å². The smallest absolute Gasteiger partial charge is 0.357 e. The lowest BCUT2D eigenvalue weighted by molar-refractivity contribution is -0.137. The number of carbonyl (C=O) groups is 1. The first kappa shape index (κ1) is 17.8. The molecule has 0 atom stereocenters. The highest BCUT2D eigenvalue weighted by molar-refractivity contribution is 5.97. The van der Waals surface area contributed by atoms with Crippen LogP contribution < -0.4 is 9.80 Å². The van der Waals surface area contributed by atoms with Gasteiger partial charge in [0, 0.05) is 37.4 Å². The molecule has 1 saturated heterocycles. The lowest BCUT2D eigenvalue weighted by atomic mass is 9.95. The molecule has 0 saturated carbocycles. The first-order valence-electron chi connectivity index (χ1n) is 9.11. The molecule has 0 bridgehead atoms. The van der Waals surface area contributed by atoms with E-state index in [0.29, 0.717) is 31.7 Å². The summed E-state index contributed by atoms with van der Waals surface area (Å²) in [6, 6.07) is 10.4. The highest BCUT2D eigenvalue weighted by atomic mass is 19.4. The van der Waals surface area contributed by atoms with Crippen LogP contribution in [0.4, 0.5) is 24.7 Å². The number of rotatable bonds is 2. The summed E-state index contributed by atoms with van der Waals surface area (Å²) in [5.74, 6) is 0.627. The van der Waals surface area contributed by atoms with E-state index in [0.717, 1.165) is 30.9 Å². The fraction of sp³-hybridized carbons (Fsp3) is 0.400. The topological polar surface area (TPSA) is 36.4 Å². The van der Waals surface area contributed by atoms with Gasteiger partial charge in [-0.2, -0.15) is 13.2 Å². The van der Waals surface area contributed by atoms with Gasteiger partial charge in [-0.05, 0) is 43.0 Å². The third kappa shape index (κ3) is 3.50. The molecule has 4 rings (SSSR count). The van der Waals surface area contributed by atoms with Gasteiger partial charge in [-0.15, -0.1) is 0 Å². The van der Waals surface area contributed by atoms with Crippen molar-refractivity contribution in [1.29, 1.82) is 0 Å². The van der Waals surface area contributed by atoms with Crippen LogP contribution in [0.15, 0.2) is 42.6 Å². The average molecular weight is 375 g/mol. The van der Waals surface area contributed by atoms with Gasteiger partial charge >= 0.3 is 6.18 Å². The van der Waals surface area contributed by atoms with Crippen molar-refractivity contribution in [2.24, 2.45) is 5.92 Å². The Labute approximate surface area is 155 Å². The van der Waals surface area contributed by atoms with Crippen molar-refractivity contribution in [3.05, 3.63) is 53.7 Å². The number of hydrogen-bond donors (Lipinski definition) is 0. The second-order valence-corrected chi connectivity index (χ2v) is 7.03. The molecule has 2 aliphatic rings. The number of para-hydroxylation sites is 1. The SMILES string of the molecule is O=C(C1CCN(c2ccc(C(F)(F)F)cn2)CC1)N1CCc2ccccc21. The van der Waals surface area contributed by atoms with E-state index in [2.05, 4.69) is 11.1 Å². The van der Waals surface area contributed by atoms with Crippen LogP contribution in [-0.2, 0) is 17.4 Å². The molecule has 4 nitrogen and oxygen atoms in total. The van der Waals surface area contributed by atoms with Crippen molar-refractivity contribution in [3.8, 4) is 0 Å². The Morgan fingerprint density at radius 1 is 1.04 bits per heavy atom. The maximum atomic E-state index is 12.9. The van der Waals surface area contributed by atoms with Gasteiger partial charge in [-0.3, -0.25) is 4.79 Å². The fourth-order valence-corrected chi connectivity index (χ4v) is 3.88. The standard InChI is InChI=1S/C20H20F3N3O/c21-20(22,23)16-5-6-18(24-13-16)25-10-7-15(8-11-25)19(27)26-12-9-14-3-1-2-4-17(14)26/h1-6,13,15H,7-12H2. The molecular formula is C20H20F3N3O. The molecule has 0 spiro atoms. The minimum Gasteiger partial charge on any atom is -0.357 e. The monoisotopic (exact) mass is 375 g/mol. The predicted octanol–water partition coefficient (Wildman–Crippen LogP) is 3.91. The van der Waals surface area contributed by atoms with Crippen molar-refractivity contribution in [2.45, 2.75) is 25.4 Å². The van der Waals surface area contributed by atoms with Crippen LogP contribution in [0.5, 0.6) is 0 Å². The van der Waals surface area contributed by atoms with Gasteiger partial charge < -0.3 is 9.80 Å². The van der Waals surface area contributed by atoms with Gasteiger partial charge in [0.25, 0.3) is 0 Å². The quantitative estimate of drug-likeness (QED) is 0.799. The zero-order valence-corrected chi connectivity index (χ0v) is 14.7. The van der Waals surface area contributed by atoms with Gasteiger partial charge in [0.05, 0.1) is 5.56 Å². The molecule has 0 radical (unpaired) electrons. The van der Waals surface area contributed by atoms with Crippen LogP contribution in [0.1, 0.15) is 24.0 Å². The Morgan fingerprint density at radius 2 is 1.78 bits per heavy atom. The van der Waals surface area contributed by atoms with E-state index in [4.69, 9.17) is 0 Å². The number of benzene rings is 1. The van der Waals surface area contributed by atoms with Crippen LogP contribution in [-0.4, -0.2) is 30.5 Å². The van der Waals surface area contributed by atoms with E-state index in [1.807, 2.05) is 28.0 Å². The van der Waals surface area contributed by atoms with E-state index in [9.17, 15) is 18.0 Å². The average Bonchev–Trinajstić information content (AvgIpc) is 3.11.